The van der Waals surface area contributed by atoms with Crippen molar-refractivity contribution in [3.63, 3.8) is 0 Å². The van der Waals surface area contributed by atoms with Gasteiger partial charge in [0, 0.05) is 6.54 Å². The smallest absolute Gasteiger partial charge is 0.408 e. The Labute approximate surface area is 215 Å². The first-order chi connectivity index (χ1) is 16.9. The molecular weight excluding hydrogens is 462 g/mol. The van der Waals surface area contributed by atoms with Gasteiger partial charge < -0.3 is 25.0 Å². The lowest BCUT2D eigenvalue weighted by atomic mass is 10.00. The summed E-state index contributed by atoms with van der Waals surface area (Å²) in [7, 11) is 1.24. The number of alkyl carbamates (subject to hydrolysis) is 1. The van der Waals surface area contributed by atoms with Gasteiger partial charge in [0.1, 0.15) is 24.2 Å². The minimum Gasteiger partial charge on any atom is -0.468 e. The van der Waals surface area contributed by atoms with Crippen LogP contribution in [0.4, 0.5) is 4.79 Å². The summed E-state index contributed by atoms with van der Waals surface area (Å²) in [5.41, 5.74) is 0.987. The highest BCUT2D eigenvalue weighted by Gasteiger charge is 2.34. The first-order valence-corrected chi connectivity index (χ1v) is 12.7. The van der Waals surface area contributed by atoms with Crippen LogP contribution in [-0.4, -0.2) is 60.6 Å². The van der Waals surface area contributed by atoms with Crippen LogP contribution in [0.3, 0.4) is 0 Å². The van der Waals surface area contributed by atoms with E-state index in [1.54, 1.807) is 27.7 Å². The zero-order chi connectivity index (χ0) is 27.3. The minimum atomic E-state index is -0.988. The second-order valence-electron chi connectivity index (χ2n) is 9.75. The molecule has 3 amide bonds. The Kier molecular flexibility index (Phi) is 13.0. The molecule has 1 aromatic rings. The molecule has 1 aromatic carbocycles. The van der Waals surface area contributed by atoms with Crippen molar-refractivity contribution >= 4 is 23.9 Å². The number of carbonyl (C=O) groups excluding carboxylic acids is 4. The number of methoxy groups -OCH3 is 1. The van der Waals surface area contributed by atoms with Gasteiger partial charge in [0.25, 0.3) is 0 Å². The fraction of sp³-hybridized carbons (Fsp3) is 0.630. The molecule has 0 heterocycles. The number of nitrogens with one attached hydrogen (secondary N) is 2. The van der Waals surface area contributed by atoms with Crippen molar-refractivity contribution in [2.24, 2.45) is 0 Å². The summed E-state index contributed by atoms with van der Waals surface area (Å²) in [4.78, 5) is 52.5. The fourth-order valence-corrected chi connectivity index (χ4v) is 3.61. The van der Waals surface area contributed by atoms with Crippen molar-refractivity contribution in [3.8, 4) is 0 Å². The van der Waals surface area contributed by atoms with E-state index >= 15 is 0 Å². The van der Waals surface area contributed by atoms with E-state index in [1.807, 2.05) is 31.2 Å². The summed E-state index contributed by atoms with van der Waals surface area (Å²) < 4.78 is 9.94. The molecule has 0 aliphatic rings. The molecule has 202 valence electrons. The monoisotopic (exact) mass is 505 g/mol. The number of nitrogens with zero attached hydrogens (tertiary/aromatic N) is 1. The maximum Gasteiger partial charge on any atom is 0.408 e. The number of benzene rings is 1. The average molecular weight is 506 g/mol. The summed E-state index contributed by atoms with van der Waals surface area (Å²) >= 11 is 0. The topological polar surface area (TPSA) is 114 Å². The Morgan fingerprint density at radius 3 is 2.17 bits per heavy atom. The van der Waals surface area contributed by atoms with E-state index in [0.717, 1.165) is 31.2 Å². The lowest BCUT2D eigenvalue weighted by Crippen LogP contribution is -2.52. The van der Waals surface area contributed by atoms with Gasteiger partial charge in [-0.05, 0) is 51.7 Å². The van der Waals surface area contributed by atoms with Crippen molar-refractivity contribution in [3.05, 3.63) is 35.4 Å². The van der Waals surface area contributed by atoms with Crippen molar-refractivity contribution < 1.29 is 28.7 Å². The van der Waals surface area contributed by atoms with Crippen molar-refractivity contribution in [1.29, 1.82) is 0 Å². The SMILES string of the molecule is CCCCCCN(C(=O)C(C)NC(=O)OC(C)(C)C)C(C(=O)NCC(=O)OC)c1ccc(CC)cc1. The van der Waals surface area contributed by atoms with Gasteiger partial charge in [-0.1, -0.05) is 57.4 Å². The summed E-state index contributed by atoms with van der Waals surface area (Å²) in [6.07, 6.45) is 3.71. The molecule has 2 atom stereocenters. The van der Waals surface area contributed by atoms with Gasteiger partial charge in [-0.15, -0.1) is 0 Å². The second kappa shape index (κ2) is 15.1. The normalized spacial score (nSPS) is 12.8. The predicted molar refractivity (Wildman–Crippen MR) is 138 cm³/mol. The van der Waals surface area contributed by atoms with Gasteiger partial charge in [0.2, 0.25) is 11.8 Å². The van der Waals surface area contributed by atoms with Crippen LogP contribution in [0.25, 0.3) is 0 Å². The lowest BCUT2D eigenvalue weighted by molar-refractivity contribution is -0.144. The Hall–Kier alpha value is -3.10. The number of aryl methyl sites for hydroxylation is 1. The quantitative estimate of drug-likeness (QED) is 0.310. The van der Waals surface area contributed by atoms with Gasteiger partial charge in [-0.25, -0.2) is 4.79 Å². The third kappa shape index (κ3) is 10.7. The number of carbonyl (C=O) groups is 4. The number of hydrogen-bond donors (Lipinski definition) is 2. The molecule has 9 nitrogen and oxygen atoms in total. The first-order valence-electron chi connectivity index (χ1n) is 12.7. The van der Waals surface area contributed by atoms with Crippen LogP contribution >= 0.6 is 0 Å². The van der Waals surface area contributed by atoms with Crippen LogP contribution in [-0.2, 0) is 30.3 Å². The van der Waals surface area contributed by atoms with Crippen LogP contribution < -0.4 is 10.6 Å². The standard InChI is InChI=1S/C27H43N3O6/c1-8-10-11-12-17-30(25(33)19(3)29-26(34)36-27(4,5)6)23(24(32)28-18-22(31)35-7)21-15-13-20(9-2)14-16-21/h13-16,19,23H,8-12,17-18H2,1-7H3,(H,28,32)(H,29,34). The van der Waals surface area contributed by atoms with Crippen molar-refractivity contribution in [1.82, 2.24) is 15.5 Å². The summed E-state index contributed by atoms with van der Waals surface area (Å²) in [5.74, 6) is -1.52. The highest BCUT2D eigenvalue weighted by Crippen LogP contribution is 2.24. The number of amides is 3. The first kappa shape index (κ1) is 30.9. The Morgan fingerprint density at radius 1 is 1.00 bits per heavy atom. The zero-order valence-corrected chi connectivity index (χ0v) is 22.8. The molecule has 1 rings (SSSR count). The largest absolute Gasteiger partial charge is 0.468 e. The van der Waals surface area contributed by atoms with E-state index in [9.17, 15) is 19.2 Å². The van der Waals surface area contributed by atoms with Crippen LogP contribution in [0, 0.1) is 0 Å². The Bertz CT molecular complexity index is 863. The Balaban J connectivity index is 3.31. The summed E-state index contributed by atoms with van der Waals surface area (Å²) in [6.45, 7) is 10.9. The molecule has 0 bridgehead atoms. The maximum atomic E-state index is 13.6. The van der Waals surface area contributed by atoms with Gasteiger partial charge in [-0.3, -0.25) is 14.4 Å². The van der Waals surface area contributed by atoms with Crippen molar-refractivity contribution in [2.45, 2.75) is 91.3 Å². The number of hydrogen-bond acceptors (Lipinski definition) is 6. The molecule has 0 spiro atoms. The van der Waals surface area contributed by atoms with Crippen LogP contribution in [0.2, 0.25) is 0 Å². The molecule has 0 aliphatic heterocycles. The number of rotatable bonds is 13. The molecule has 0 saturated heterocycles. The number of unbranched alkanes of at least 4 members (excludes halogenated alkanes) is 3. The molecule has 2 N–H and O–H groups in total. The Morgan fingerprint density at radius 2 is 1.64 bits per heavy atom. The van der Waals surface area contributed by atoms with Crippen LogP contribution in [0.15, 0.2) is 24.3 Å². The third-order valence-electron chi connectivity index (χ3n) is 5.54. The van der Waals surface area contributed by atoms with E-state index in [4.69, 9.17) is 4.74 Å². The highest BCUT2D eigenvalue weighted by atomic mass is 16.6. The molecule has 0 saturated carbocycles. The maximum absolute atomic E-state index is 13.6. The molecule has 0 fully saturated rings. The third-order valence-corrected chi connectivity index (χ3v) is 5.54. The van der Waals surface area contributed by atoms with E-state index in [2.05, 4.69) is 22.3 Å². The van der Waals surface area contributed by atoms with E-state index in [1.165, 1.54) is 12.0 Å². The molecule has 9 heteroatoms. The predicted octanol–water partition coefficient (Wildman–Crippen LogP) is 3.90. The molecule has 36 heavy (non-hydrogen) atoms. The highest BCUT2D eigenvalue weighted by molar-refractivity contribution is 5.93. The average Bonchev–Trinajstić information content (AvgIpc) is 2.82. The fourth-order valence-electron chi connectivity index (χ4n) is 3.61. The van der Waals surface area contributed by atoms with Gasteiger partial charge in [-0.2, -0.15) is 0 Å². The van der Waals surface area contributed by atoms with Crippen LogP contribution in [0.1, 0.15) is 84.4 Å². The lowest BCUT2D eigenvalue weighted by Gasteiger charge is -2.33. The number of ether oxygens (including phenoxy) is 2. The summed E-state index contributed by atoms with van der Waals surface area (Å²) in [5, 5.41) is 5.17. The second-order valence-corrected chi connectivity index (χ2v) is 9.75. The van der Waals surface area contributed by atoms with E-state index in [0.29, 0.717) is 18.5 Å². The summed E-state index contributed by atoms with van der Waals surface area (Å²) in [6, 6.07) is 5.55. The molecule has 0 radical (unpaired) electrons. The molecule has 0 aliphatic carbocycles. The van der Waals surface area contributed by atoms with E-state index < -0.39 is 41.6 Å². The van der Waals surface area contributed by atoms with Crippen molar-refractivity contribution in [2.75, 3.05) is 20.2 Å². The van der Waals surface area contributed by atoms with Crippen LogP contribution in [0.5, 0.6) is 0 Å². The molecule has 0 aromatic heterocycles. The van der Waals surface area contributed by atoms with Gasteiger partial charge in [0.05, 0.1) is 7.11 Å². The zero-order valence-electron chi connectivity index (χ0n) is 22.8. The minimum absolute atomic E-state index is 0.311. The van der Waals surface area contributed by atoms with Gasteiger partial charge in [0.15, 0.2) is 0 Å². The number of esters is 1. The van der Waals surface area contributed by atoms with Gasteiger partial charge >= 0.3 is 12.1 Å². The molecular formula is C27H43N3O6. The molecule has 2 unspecified atom stereocenters. The van der Waals surface area contributed by atoms with E-state index in [-0.39, 0.29) is 6.54 Å².